The Morgan fingerprint density at radius 3 is 2.58 bits per heavy atom. The number of aliphatic imine (C=N–C) groups is 1. The van der Waals surface area contributed by atoms with Gasteiger partial charge in [0.05, 0.1) is 36.1 Å². The van der Waals surface area contributed by atoms with Gasteiger partial charge in [-0.1, -0.05) is 6.92 Å². The lowest BCUT2D eigenvalue weighted by Gasteiger charge is -2.66. The molecule has 45 heavy (non-hydrogen) atoms. The first-order chi connectivity index (χ1) is 21.5. The average molecular weight is 625 g/mol. The molecular weight excluding hydrogens is 576 g/mol. The molecule has 3 heterocycles. The number of ether oxygens (including phenoxy) is 3. The van der Waals surface area contributed by atoms with Gasteiger partial charge in [0.15, 0.2) is 6.29 Å². The van der Waals surface area contributed by atoms with Crippen molar-refractivity contribution in [3.63, 3.8) is 0 Å². The molecule has 10 heteroatoms. The Labute approximate surface area is 264 Å². The summed E-state index contributed by atoms with van der Waals surface area (Å²) >= 11 is 0. The number of carbonyl (C=O) groups is 1. The fourth-order valence-electron chi connectivity index (χ4n) is 10.6. The van der Waals surface area contributed by atoms with Crippen LogP contribution in [0.15, 0.2) is 41.2 Å². The summed E-state index contributed by atoms with van der Waals surface area (Å²) in [7, 11) is 0. The van der Waals surface area contributed by atoms with E-state index in [4.69, 9.17) is 19.2 Å². The standard InChI is InChI=1S/C35H48N2O8/c1-21-31(40)28(38)16-30(44-21)45-24-3-10-33(20-37-18-22-7-13-36-14-8-22)26-4-9-32(2)25(23-15-29(39)43-19-23)6-12-35(32,42)27(26)5-11-34(33,41)17-24/h7-8,13-15,20-21,24-28,30-31,38,40-42H,3-6,9-12,16-19H2,1-2H3/t21-,24+,25+,26-,27+,28+,30-,31-,32+,33-,34-,35+/m0/s1. The van der Waals surface area contributed by atoms with E-state index in [1.165, 1.54) is 0 Å². The van der Waals surface area contributed by atoms with Gasteiger partial charge >= 0.3 is 5.97 Å². The molecule has 12 atom stereocenters. The van der Waals surface area contributed by atoms with Crippen LogP contribution in [0.2, 0.25) is 0 Å². The molecule has 5 fully saturated rings. The molecule has 1 aromatic rings. The molecule has 1 aromatic heterocycles. The zero-order valence-electron chi connectivity index (χ0n) is 26.4. The lowest BCUT2D eigenvalue weighted by atomic mass is 9.41. The molecule has 10 nitrogen and oxygen atoms in total. The monoisotopic (exact) mass is 624 g/mol. The molecular formula is C35H48N2O8. The zero-order valence-corrected chi connectivity index (χ0v) is 26.4. The second-order valence-corrected chi connectivity index (χ2v) is 15.0. The first kappa shape index (κ1) is 31.4. The van der Waals surface area contributed by atoms with E-state index >= 15 is 0 Å². The van der Waals surface area contributed by atoms with Crippen molar-refractivity contribution in [2.75, 3.05) is 6.61 Å². The third kappa shape index (κ3) is 5.02. The fourth-order valence-corrected chi connectivity index (χ4v) is 10.6. The molecule has 0 spiro atoms. The first-order valence-electron chi connectivity index (χ1n) is 16.9. The van der Waals surface area contributed by atoms with Gasteiger partial charge in [-0.3, -0.25) is 9.98 Å². The Hall–Kier alpha value is -2.21. The molecule has 4 N–H and O–H groups in total. The molecule has 1 saturated heterocycles. The van der Waals surface area contributed by atoms with E-state index in [0.29, 0.717) is 51.7 Å². The molecule has 4 aliphatic carbocycles. The van der Waals surface area contributed by atoms with Crippen LogP contribution in [0.5, 0.6) is 0 Å². The Morgan fingerprint density at radius 2 is 1.84 bits per heavy atom. The third-order valence-corrected chi connectivity index (χ3v) is 13.0. The maximum Gasteiger partial charge on any atom is 0.331 e. The van der Waals surface area contributed by atoms with Crippen LogP contribution in [0.1, 0.15) is 83.6 Å². The number of fused-ring (bicyclic) bond motifs is 5. The van der Waals surface area contributed by atoms with Crippen LogP contribution in [-0.4, -0.2) is 86.1 Å². The van der Waals surface area contributed by atoms with Crippen molar-refractivity contribution in [2.24, 2.45) is 33.6 Å². The van der Waals surface area contributed by atoms with E-state index in [1.807, 2.05) is 18.3 Å². The minimum absolute atomic E-state index is 0.0100. The van der Waals surface area contributed by atoms with Gasteiger partial charge in [-0.25, -0.2) is 4.79 Å². The largest absolute Gasteiger partial charge is 0.458 e. The number of rotatable bonds is 6. The number of hydrogen-bond acceptors (Lipinski definition) is 10. The van der Waals surface area contributed by atoms with Crippen LogP contribution >= 0.6 is 0 Å². The van der Waals surface area contributed by atoms with E-state index < -0.39 is 41.2 Å². The third-order valence-electron chi connectivity index (χ3n) is 13.0. The Kier molecular flexibility index (Phi) is 8.02. The normalized spacial score (nSPS) is 48.0. The van der Waals surface area contributed by atoms with Crippen molar-refractivity contribution in [3.05, 3.63) is 41.7 Å². The molecule has 2 aliphatic heterocycles. The van der Waals surface area contributed by atoms with Crippen LogP contribution < -0.4 is 0 Å². The summed E-state index contributed by atoms with van der Waals surface area (Å²) in [4.78, 5) is 21.1. The maximum atomic E-state index is 12.7. The minimum Gasteiger partial charge on any atom is -0.458 e. The SMILES string of the molecule is C[C@@H]1O[C@@H](O[C@@H]2CC[C@]3(C=NCc4ccncc4)[C@H]4CC[C@]5(C)[C@@H](C6=CC(=O)OC6)CC[C@@]5(O)[C@@H]4CC[C@]3(O)C2)C[C@@H](O)[C@H]1O. The summed E-state index contributed by atoms with van der Waals surface area (Å²) in [5, 5.41) is 45.9. The highest BCUT2D eigenvalue weighted by Gasteiger charge is 2.71. The lowest BCUT2D eigenvalue weighted by molar-refractivity contribution is -0.282. The van der Waals surface area contributed by atoms with Crippen LogP contribution in [-0.2, 0) is 25.5 Å². The molecule has 7 rings (SSSR count). The summed E-state index contributed by atoms with van der Waals surface area (Å²) in [6.07, 6.45) is 10.2. The van der Waals surface area contributed by atoms with E-state index in [0.717, 1.165) is 30.4 Å². The van der Waals surface area contributed by atoms with Crippen LogP contribution in [0.25, 0.3) is 0 Å². The maximum absolute atomic E-state index is 12.7. The van der Waals surface area contributed by atoms with E-state index in [2.05, 4.69) is 11.9 Å². The first-order valence-corrected chi connectivity index (χ1v) is 16.9. The van der Waals surface area contributed by atoms with E-state index in [1.54, 1.807) is 25.4 Å². The van der Waals surface area contributed by atoms with Crippen molar-refractivity contribution >= 4 is 12.2 Å². The fraction of sp³-hybridized carbons (Fsp3) is 0.743. The highest BCUT2D eigenvalue weighted by Crippen LogP contribution is 2.70. The smallest absolute Gasteiger partial charge is 0.331 e. The number of aliphatic hydroxyl groups excluding tert-OH is 2. The van der Waals surface area contributed by atoms with Gasteiger partial charge < -0.3 is 34.6 Å². The Balaban J connectivity index is 1.17. The van der Waals surface area contributed by atoms with Crippen LogP contribution in [0.3, 0.4) is 0 Å². The summed E-state index contributed by atoms with van der Waals surface area (Å²) < 4.78 is 17.5. The predicted octanol–water partition coefficient (Wildman–Crippen LogP) is 3.25. The van der Waals surface area contributed by atoms with Crippen LogP contribution in [0, 0.1) is 28.6 Å². The van der Waals surface area contributed by atoms with Gasteiger partial charge in [-0.05, 0) is 99.3 Å². The van der Waals surface area contributed by atoms with Gasteiger partial charge in [0.25, 0.3) is 0 Å². The summed E-state index contributed by atoms with van der Waals surface area (Å²) in [6, 6.07) is 3.90. The number of nitrogens with zero attached hydrogens (tertiary/aromatic N) is 2. The topological polar surface area (TPSA) is 151 Å². The zero-order chi connectivity index (χ0) is 31.6. The second-order valence-electron chi connectivity index (χ2n) is 15.0. The predicted molar refractivity (Wildman–Crippen MR) is 164 cm³/mol. The number of aromatic nitrogens is 1. The highest BCUT2D eigenvalue weighted by atomic mass is 16.7. The molecule has 0 amide bonds. The van der Waals surface area contributed by atoms with Crippen molar-refractivity contribution in [2.45, 2.75) is 127 Å². The number of pyridine rings is 1. The van der Waals surface area contributed by atoms with Gasteiger partial charge in [-0.15, -0.1) is 0 Å². The molecule has 246 valence electrons. The Bertz CT molecular complexity index is 1330. The van der Waals surface area contributed by atoms with Gasteiger partial charge in [-0.2, -0.15) is 0 Å². The van der Waals surface area contributed by atoms with Crippen molar-refractivity contribution in [1.82, 2.24) is 4.98 Å². The number of cyclic esters (lactones) is 1. The molecule has 0 unspecified atom stereocenters. The van der Waals surface area contributed by atoms with E-state index in [9.17, 15) is 25.2 Å². The second kappa shape index (κ2) is 11.5. The van der Waals surface area contributed by atoms with Gasteiger partial charge in [0, 0.05) is 48.4 Å². The summed E-state index contributed by atoms with van der Waals surface area (Å²) in [5.74, 6) is -0.164. The number of esters is 1. The lowest BCUT2D eigenvalue weighted by Crippen LogP contribution is -2.69. The van der Waals surface area contributed by atoms with Crippen LogP contribution in [0.4, 0.5) is 0 Å². The molecule has 0 bridgehead atoms. The van der Waals surface area contributed by atoms with Crippen molar-refractivity contribution in [1.29, 1.82) is 0 Å². The molecule has 4 saturated carbocycles. The number of hydrogen-bond donors (Lipinski definition) is 4. The van der Waals surface area contributed by atoms with Crippen molar-refractivity contribution in [3.8, 4) is 0 Å². The number of carbonyl (C=O) groups excluding carboxylic acids is 1. The number of aliphatic hydroxyl groups is 4. The van der Waals surface area contributed by atoms with Gasteiger partial charge in [0.1, 0.15) is 12.7 Å². The summed E-state index contributed by atoms with van der Waals surface area (Å²) in [6.45, 7) is 4.73. The van der Waals surface area contributed by atoms with Crippen molar-refractivity contribution < 1.29 is 39.4 Å². The minimum atomic E-state index is -1.09. The molecule has 0 aromatic carbocycles. The van der Waals surface area contributed by atoms with Gasteiger partial charge in [0.2, 0.25) is 0 Å². The molecule has 6 aliphatic rings. The van der Waals surface area contributed by atoms with E-state index in [-0.39, 0.29) is 41.7 Å². The highest BCUT2D eigenvalue weighted by molar-refractivity contribution is 5.85. The average Bonchev–Trinajstić information content (AvgIpc) is 3.56. The summed E-state index contributed by atoms with van der Waals surface area (Å²) in [5.41, 5.74) is -0.971. The quantitative estimate of drug-likeness (QED) is 0.212. The molecule has 0 radical (unpaired) electrons. The Morgan fingerprint density at radius 1 is 1.07 bits per heavy atom.